The molecule has 0 saturated carbocycles. The zero-order chi connectivity index (χ0) is 22.3. The molecule has 0 amide bonds. The Hall–Kier alpha value is -2.26. The lowest BCUT2D eigenvalue weighted by atomic mass is 9.84. The van der Waals surface area contributed by atoms with Gasteiger partial charge in [-0.2, -0.15) is 16.3 Å². The Morgan fingerprint density at radius 3 is 2.71 bits per heavy atom. The first-order chi connectivity index (χ1) is 14.9. The van der Waals surface area contributed by atoms with Gasteiger partial charge in [0.15, 0.2) is 5.75 Å². The number of nitrogens with two attached hydrogens (primary N) is 1. The molecule has 0 aliphatic heterocycles. The van der Waals surface area contributed by atoms with E-state index in [0.29, 0.717) is 35.4 Å². The number of rotatable bonds is 10. The summed E-state index contributed by atoms with van der Waals surface area (Å²) in [5, 5.41) is 14.2. The van der Waals surface area contributed by atoms with E-state index >= 15 is 0 Å². The van der Waals surface area contributed by atoms with Crippen molar-refractivity contribution >= 4 is 35.7 Å². The molecule has 0 radical (unpaired) electrons. The number of aromatic nitrogens is 3. The number of nitriles is 1. The molecule has 11 heteroatoms. The minimum atomic E-state index is -0.604. The summed E-state index contributed by atoms with van der Waals surface area (Å²) in [6.07, 6.45) is 3.18. The molecule has 0 spiro atoms. The summed E-state index contributed by atoms with van der Waals surface area (Å²) < 4.78 is 11.4. The second-order valence-electron chi connectivity index (χ2n) is 7.06. The number of benzene rings is 2. The van der Waals surface area contributed by atoms with Gasteiger partial charge in [0, 0.05) is 10.6 Å². The standard InChI is InChI=1S/C20H20ClN5O3S2/c1-20(2,11-22)16-6-14(9-26-13-24-12-25-26)5-15(7-16)10-30-17-3-4-19(18(21)8-17)27-31-29-28-23/h3-8,12-13H,9-10,23H2,1-2H3. The van der Waals surface area contributed by atoms with E-state index in [1.165, 1.54) is 6.33 Å². The SMILES string of the molecule is CC(C)(C#N)c1cc(CSc2ccc(OSOON)c(Cl)c2)cc(Cn2cncn2)c1. The van der Waals surface area contributed by atoms with Crippen LogP contribution in [0.15, 0.2) is 53.9 Å². The molecule has 3 aromatic rings. The van der Waals surface area contributed by atoms with Gasteiger partial charge in [0.1, 0.15) is 12.7 Å². The van der Waals surface area contributed by atoms with Crippen LogP contribution in [0, 0.1) is 11.3 Å². The third-order valence-corrected chi connectivity index (χ3v) is 6.11. The Balaban J connectivity index is 1.76. The first-order valence-electron chi connectivity index (χ1n) is 9.07. The predicted octanol–water partition coefficient (Wildman–Crippen LogP) is 4.84. The molecule has 162 valence electrons. The van der Waals surface area contributed by atoms with Gasteiger partial charge in [-0.15, -0.1) is 21.1 Å². The third kappa shape index (κ3) is 6.61. The van der Waals surface area contributed by atoms with E-state index in [4.69, 9.17) is 21.7 Å². The largest absolute Gasteiger partial charge is 0.397 e. The molecule has 0 aliphatic rings. The second-order valence-corrected chi connectivity index (χ2v) is 8.96. The molecular formula is C20H20ClN5O3S2. The van der Waals surface area contributed by atoms with Crippen LogP contribution in [-0.4, -0.2) is 14.8 Å². The summed E-state index contributed by atoms with van der Waals surface area (Å²) in [5.74, 6) is 5.89. The van der Waals surface area contributed by atoms with Crippen molar-refractivity contribution in [1.29, 1.82) is 5.26 Å². The van der Waals surface area contributed by atoms with Crippen LogP contribution in [0.4, 0.5) is 0 Å². The first kappa shape index (κ1) is 23.4. The minimum absolute atomic E-state index is 0.431. The summed E-state index contributed by atoms with van der Waals surface area (Å²) in [6, 6.07) is 14.1. The summed E-state index contributed by atoms with van der Waals surface area (Å²) in [4.78, 5) is 8.93. The smallest absolute Gasteiger partial charge is 0.260 e. The highest BCUT2D eigenvalue weighted by Crippen LogP contribution is 2.34. The first-order valence-corrected chi connectivity index (χ1v) is 11.1. The molecule has 3 rings (SSSR count). The highest BCUT2D eigenvalue weighted by atomic mass is 35.5. The molecular weight excluding hydrogens is 458 g/mol. The Labute approximate surface area is 193 Å². The van der Waals surface area contributed by atoms with Gasteiger partial charge < -0.3 is 4.18 Å². The normalized spacial score (nSPS) is 11.3. The van der Waals surface area contributed by atoms with Crippen molar-refractivity contribution in [2.45, 2.75) is 36.5 Å². The number of halogens is 1. The van der Waals surface area contributed by atoms with Gasteiger partial charge in [-0.05, 0) is 48.7 Å². The highest BCUT2D eigenvalue weighted by Gasteiger charge is 2.21. The van der Waals surface area contributed by atoms with Crippen LogP contribution >= 0.6 is 35.7 Å². The van der Waals surface area contributed by atoms with E-state index in [1.807, 2.05) is 32.0 Å². The van der Waals surface area contributed by atoms with Crippen LogP contribution in [0.2, 0.25) is 5.02 Å². The van der Waals surface area contributed by atoms with Crippen molar-refractivity contribution in [2.75, 3.05) is 0 Å². The van der Waals surface area contributed by atoms with Gasteiger partial charge >= 0.3 is 0 Å². The van der Waals surface area contributed by atoms with Gasteiger partial charge in [-0.1, -0.05) is 29.8 Å². The van der Waals surface area contributed by atoms with E-state index in [2.05, 4.69) is 37.6 Å². The van der Waals surface area contributed by atoms with E-state index in [9.17, 15) is 5.26 Å². The van der Waals surface area contributed by atoms with Crippen LogP contribution in [-0.2, 0) is 27.0 Å². The van der Waals surface area contributed by atoms with Crippen LogP contribution < -0.4 is 10.1 Å². The maximum Gasteiger partial charge on any atom is 0.260 e. The third-order valence-electron chi connectivity index (χ3n) is 4.36. The molecule has 0 unspecified atom stereocenters. The predicted molar refractivity (Wildman–Crippen MR) is 120 cm³/mol. The lowest BCUT2D eigenvalue weighted by Crippen LogP contribution is -2.15. The topological polar surface area (TPSA) is 108 Å². The Kier molecular flexibility index (Phi) is 8.20. The molecule has 8 nitrogen and oxygen atoms in total. The fraction of sp³-hybridized carbons (Fsp3) is 0.250. The molecule has 2 aromatic carbocycles. The van der Waals surface area contributed by atoms with Crippen molar-refractivity contribution in [3.05, 3.63) is 70.8 Å². The van der Waals surface area contributed by atoms with Crippen LogP contribution in [0.1, 0.15) is 30.5 Å². The van der Waals surface area contributed by atoms with Gasteiger partial charge in [0.2, 0.25) is 0 Å². The number of hydrogen-bond donors (Lipinski definition) is 1. The monoisotopic (exact) mass is 477 g/mol. The van der Waals surface area contributed by atoms with Gasteiger partial charge in [0.05, 0.1) is 23.1 Å². The molecule has 0 aliphatic carbocycles. The fourth-order valence-corrected chi connectivity index (χ4v) is 4.21. The van der Waals surface area contributed by atoms with Crippen molar-refractivity contribution in [3.8, 4) is 11.8 Å². The van der Waals surface area contributed by atoms with Crippen LogP contribution in [0.5, 0.6) is 5.75 Å². The van der Waals surface area contributed by atoms with E-state index in [0.717, 1.165) is 21.6 Å². The minimum Gasteiger partial charge on any atom is -0.397 e. The molecule has 0 saturated heterocycles. The van der Waals surface area contributed by atoms with E-state index in [1.54, 1.807) is 28.8 Å². The van der Waals surface area contributed by atoms with Crippen LogP contribution in [0.3, 0.4) is 0 Å². The zero-order valence-corrected chi connectivity index (χ0v) is 19.2. The van der Waals surface area contributed by atoms with E-state index in [-0.39, 0.29) is 0 Å². The highest BCUT2D eigenvalue weighted by molar-refractivity contribution is 7.98. The average Bonchev–Trinajstić information content (AvgIpc) is 3.26. The number of nitrogens with zero attached hydrogens (tertiary/aromatic N) is 4. The van der Waals surface area contributed by atoms with Gasteiger partial charge in [-0.25, -0.2) is 9.67 Å². The Bertz CT molecular complexity index is 1060. The van der Waals surface area contributed by atoms with Crippen molar-refractivity contribution < 1.29 is 13.5 Å². The average molecular weight is 478 g/mol. The zero-order valence-electron chi connectivity index (χ0n) is 16.8. The number of thioether (sulfide) groups is 1. The molecule has 0 bridgehead atoms. The maximum absolute atomic E-state index is 9.59. The van der Waals surface area contributed by atoms with Crippen molar-refractivity contribution in [2.24, 2.45) is 5.90 Å². The molecule has 1 aromatic heterocycles. The quantitative estimate of drug-likeness (QED) is 0.144. The van der Waals surface area contributed by atoms with E-state index < -0.39 is 5.41 Å². The van der Waals surface area contributed by atoms with Gasteiger partial charge in [-0.3, -0.25) is 0 Å². The van der Waals surface area contributed by atoms with Crippen molar-refractivity contribution in [1.82, 2.24) is 14.8 Å². The maximum atomic E-state index is 9.59. The summed E-state index contributed by atoms with van der Waals surface area (Å²) in [6.45, 7) is 4.40. The Morgan fingerprint density at radius 1 is 1.23 bits per heavy atom. The molecule has 0 fully saturated rings. The van der Waals surface area contributed by atoms with Crippen molar-refractivity contribution in [3.63, 3.8) is 0 Å². The Morgan fingerprint density at radius 2 is 2.03 bits per heavy atom. The molecule has 0 atom stereocenters. The van der Waals surface area contributed by atoms with Crippen LogP contribution in [0.25, 0.3) is 0 Å². The lowest BCUT2D eigenvalue weighted by Gasteiger charge is -2.19. The molecule has 2 N–H and O–H groups in total. The molecule has 1 heterocycles. The molecule has 31 heavy (non-hydrogen) atoms. The second kappa shape index (κ2) is 10.9. The lowest BCUT2D eigenvalue weighted by molar-refractivity contribution is -0.199. The summed E-state index contributed by atoms with van der Waals surface area (Å²) >= 11 is 8.46. The van der Waals surface area contributed by atoms with Gasteiger partial charge in [0.25, 0.3) is 12.3 Å². The summed E-state index contributed by atoms with van der Waals surface area (Å²) in [7, 11) is 0. The summed E-state index contributed by atoms with van der Waals surface area (Å²) in [5.41, 5.74) is 2.51. The number of hydrogen-bond acceptors (Lipinski definition) is 9. The fourth-order valence-electron chi connectivity index (χ4n) is 2.74.